The molecule has 0 saturated heterocycles. The lowest BCUT2D eigenvalue weighted by Gasteiger charge is -2.07. The molecule has 1 nitrogen and oxygen atoms in total. The molecule has 5 heteroatoms. The van der Waals surface area contributed by atoms with E-state index in [0.29, 0.717) is 9.13 Å². The normalized spacial score (nSPS) is 10.5. The van der Waals surface area contributed by atoms with Gasteiger partial charge in [0.15, 0.2) is 5.78 Å². The van der Waals surface area contributed by atoms with Crippen molar-refractivity contribution < 1.29 is 13.6 Å². The Balaban J connectivity index is 2.31. The Bertz CT molecular complexity index is 623. The van der Waals surface area contributed by atoms with Gasteiger partial charge in [-0.2, -0.15) is 0 Å². The third-order valence-corrected chi connectivity index (χ3v) is 3.88. The minimum atomic E-state index is -0.516. The second-order valence-electron chi connectivity index (χ2n) is 3.92. The minimum absolute atomic E-state index is 0.146. The van der Waals surface area contributed by atoms with E-state index in [-0.39, 0.29) is 22.8 Å². The summed E-state index contributed by atoms with van der Waals surface area (Å²) in [6.07, 6.45) is -0.146. The van der Waals surface area contributed by atoms with Gasteiger partial charge in [-0.25, -0.2) is 8.78 Å². The average Bonchev–Trinajstić information content (AvgIpc) is 2.33. The van der Waals surface area contributed by atoms with Crippen LogP contribution in [0.2, 0.25) is 5.02 Å². The second kappa shape index (κ2) is 5.96. The molecule has 0 unspecified atom stereocenters. The summed E-state index contributed by atoms with van der Waals surface area (Å²) < 4.78 is 27.1. The van der Waals surface area contributed by atoms with Gasteiger partial charge in [0.25, 0.3) is 0 Å². The molecule has 2 aromatic carbocycles. The molecule has 0 saturated carbocycles. The first kappa shape index (κ1) is 14.4. The van der Waals surface area contributed by atoms with Crippen molar-refractivity contribution in [1.29, 1.82) is 0 Å². The van der Waals surface area contributed by atoms with Crippen LogP contribution in [0.4, 0.5) is 8.78 Å². The lowest BCUT2D eigenvalue weighted by Crippen LogP contribution is -2.08. The fourth-order valence-electron chi connectivity index (χ4n) is 1.67. The monoisotopic (exact) mass is 392 g/mol. The molecule has 0 fully saturated rings. The summed E-state index contributed by atoms with van der Waals surface area (Å²) in [6, 6.07) is 8.13. The van der Waals surface area contributed by atoms with Gasteiger partial charge in [-0.1, -0.05) is 17.7 Å². The Morgan fingerprint density at radius 3 is 2.58 bits per heavy atom. The van der Waals surface area contributed by atoms with Crippen LogP contribution in [0.25, 0.3) is 0 Å². The van der Waals surface area contributed by atoms with Crippen molar-refractivity contribution in [2.24, 2.45) is 0 Å². The molecule has 0 spiro atoms. The summed E-state index contributed by atoms with van der Waals surface area (Å²) in [5.41, 5.74) is 0.524. The van der Waals surface area contributed by atoms with Gasteiger partial charge in [0.05, 0.1) is 0 Å². The predicted octanol–water partition coefficient (Wildman–Crippen LogP) is 4.65. The summed E-state index contributed by atoms with van der Waals surface area (Å²) in [4.78, 5) is 12.1. The zero-order valence-electron chi connectivity index (χ0n) is 9.59. The molecular formula is C14H8ClF2IO. The summed E-state index contributed by atoms with van der Waals surface area (Å²) in [6.45, 7) is 0. The molecule has 0 amide bonds. The van der Waals surface area contributed by atoms with Gasteiger partial charge in [-0.15, -0.1) is 0 Å². The van der Waals surface area contributed by atoms with Crippen LogP contribution in [-0.2, 0) is 6.42 Å². The lowest BCUT2D eigenvalue weighted by molar-refractivity contribution is 0.0991. The Morgan fingerprint density at radius 1 is 1.21 bits per heavy atom. The smallest absolute Gasteiger partial charge is 0.168 e. The zero-order chi connectivity index (χ0) is 14.0. The van der Waals surface area contributed by atoms with Crippen LogP contribution in [0, 0.1) is 15.2 Å². The van der Waals surface area contributed by atoms with Crippen LogP contribution >= 0.6 is 34.2 Å². The molecule has 0 aliphatic rings. The van der Waals surface area contributed by atoms with E-state index in [1.165, 1.54) is 36.4 Å². The third kappa shape index (κ3) is 3.30. The van der Waals surface area contributed by atoms with Crippen LogP contribution in [0.15, 0.2) is 36.4 Å². The molecule has 2 aromatic rings. The van der Waals surface area contributed by atoms with Crippen molar-refractivity contribution in [1.82, 2.24) is 0 Å². The minimum Gasteiger partial charge on any atom is -0.294 e. The molecule has 0 bridgehead atoms. The average molecular weight is 393 g/mol. The van der Waals surface area contributed by atoms with Crippen molar-refractivity contribution in [2.45, 2.75) is 6.42 Å². The highest BCUT2D eigenvalue weighted by atomic mass is 127. The van der Waals surface area contributed by atoms with E-state index < -0.39 is 11.6 Å². The third-order valence-electron chi connectivity index (χ3n) is 2.63. The molecule has 0 heterocycles. The first-order valence-electron chi connectivity index (χ1n) is 5.40. The van der Waals surface area contributed by atoms with E-state index in [1.54, 1.807) is 0 Å². The van der Waals surface area contributed by atoms with E-state index in [9.17, 15) is 13.6 Å². The molecule has 0 aliphatic carbocycles. The highest BCUT2D eigenvalue weighted by Crippen LogP contribution is 2.22. The lowest BCUT2D eigenvalue weighted by atomic mass is 10.0. The van der Waals surface area contributed by atoms with Gasteiger partial charge in [0.2, 0.25) is 0 Å². The van der Waals surface area contributed by atoms with Gasteiger partial charge in [0, 0.05) is 26.1 Å². The van der Waals surface area contributed by atoms with Crippen molar-refractivity contribution in [2.75, 3.05) is 0 Å². The Hall–Kier alpha value is -1.01. The summed E-state index contributed by atoms with van der Waals surface area (Å²) >= 11 is 7.75. The van der Waals surface area contributed by atoms with Gasteiger partial charge in [-0.3, -0.25) is 4.79 Å². The van der Waals surface area contributed by atoms with Gasteiger partial charge in [0.1, 0.15) is 11.6 Å². The molecular weight excluding hydrogens is 385 g/mol. The maximum Gasteiger partial charge on any atom is 0.168 e. The van der Waals surface area contributed by atoms with Crippen molar-refractivity contribution >= 4 is 40.0 Å². The Kier molecular flexibility index (Phi) is 4.52. The highest BCUT2D eigenvalue weighted by molar-refractivity contribution is 14.1. The quantitative estimate of drug-likeness (QED) is 0.549. The first-order chi connectivity index (χ1) is 8.99. The molecule has 98 valence electrons. The van der Waals surface area contributed by atoms with Crippen LogP contribution in [0.5, 0.6) is 0 Å². The molecule has 0 atom stereocenters. The van der Waals surface area contributed by atoms with Crippen molar-refractivity contribution in [3.8, 4) is 0 Å². The maximum absolute atomic E-state index is 13.6. The van der Waals surface area contributed by atoms with E-state index in [4.69, 9.17) is 11.6 Å². The number of ketones is 1. The number of hydrogen-bond donors (Lipinski definition) is 0. The Morgan fingerprint density at radius 2 is 1.95 bits per heavy atom. The number of carbonyl (C=O) groups excluding carboxylic acids is 1. The Labute approximate surface area is 127 Å². The predicted molar refractivity (Wildman–Crippen MR) is 78.6 cm³/mol. The number of Topliss-reactive ketones (excluding diaryl/α,β-unsaturated/α-hetero) is 1. The van der Waals surface area contributed by atoms with Crippen molar-refractivity contribution in [3.63, 3.8) is 0 Å². The number of benzene rings is 2. The summed E-state index contributed by atoms with van der Waals surface area (Å²) in [7, 11) is 0. The number of carbonyl (C=O) groups is 1. The largest absolute Gasteiger partial charge is 0.294 e. The van der Waals surface area contributed by atoms with Crippen LogP contribution in [0.1, 0.15) is 15.9 Å². The maximum atomic E-state index is 13.6. The van der Waals surface area contributed by atoms with Gasteiger partial charge >= 0.3 is 0 Å². The number of halogens is 4. The highest BCUT2D eigenvalue weighted by Gasteiger charge is 2.15. The van der Waals surface area contributed by atoms with E-state index in [2.05, 4.69) is 0 Å². The molecule has 0 radical (unpaired) electrons. The molecule has 0 aromatic heterocycles. The molecule has 19 heavy (non-hydrogen) atoms. The number of rotatable bonds is 3. The van der Waals surface area contributed by atoms with Crippen LogP contribution < -0.4 is 0 Å². The van der Waals surface area contributed by atoms with Gasteiger partial charge in [-0.05, 0) is 52.9 Å². The standard InChI is InChI=1S/C14H8ClF2IO/c15-11-2-1-3-12(17)10(11)7-14(19)9-5-4-8(16)6-13(9)18/h1-6H,7H2. The van der Waals surface area contributed by atoms with E-state index in [0.717, 1.165) is 0 Å². The summed E-state index contributed by atoms with van der Waals surface area (Å²) in [5.74, 6) is -1.22. The first-order valence-corrected chi connectivity index (χ1v) is 6.86. The van der Waals surface area contributed by atoms with Gasteiger partial charge < -0.3 is 0 Å². The van der Waals surface area contributed by atoms with Crippen molar-refractivity contribution in [3.05, 3.63) is 67.8 Å². The van der Waals surface area contributed by atoms with Crippen LogP contribution in [-0.4, -0.2) is 5.78 Å². The topological polar surface area (TPSA) is 17.1 Å². The number of hydrogen-bond acceptors (Lipinski definition) is 1. The SMILES string of the molecule is O=C(Cc1c(F)cccc1Cl)c1ccc(F)cc1I. The summed E-state index contributed by atoms with van der Waals surface area (Å²) in [5, 5.41) is 0.213. The molecule has 2 rings (SSSR count). The van der Waals surface area contributed by atoms with E-state index in [1.807, 2.05) is 22.6 Å². The second-order valence-corrected chi connectivity index (χ2v) is 5.49. The van der Waals surface area contributed by atoms with E-state index >= 15 is 0 Å². The molecule has 0 N–H and O–H groups in total. The fourth-order valence-corrected chi connectivity index (χ4v) is 2.68. The zero-order valence-corrected chi connectivity index (χ0v) is 12.5. The van der Waals surface area contributed by atoms with Crippen LogP contribution in [0.3, 0.4) is 0 Å². The molecule has 0 aliphatic heterocycles. The fraction of sp³-hybridized carbons (Fsp3) is 0.0714.